The average molecular weight is 499 g/mol. The van der Waals surface area contributed by atoms with Crippen LogP contribution in [0.15, 0.2) is 91.0 Å². The summed E-state index contributed by atoms with van der Waals surface area (Å²) in [5.41, 5.74) is 2.41. The Morgan fingerprint density at radius 2 is 1.54 bits per heavy atom. The highest BCUT2D eigenvalue weighted by Gasteiger charge is 2.25. The number of ether oxygens (including phenoxy) is 2. The van der Waals surface area contributed by atoms with Crippen LogP contribution in [0.4, 0.5) is 0 Å². The second kappa shape index (κ2) is 12.5. The predicted molar refractivity (Wildman–Crippen MR) is 140 cm³/mol. The number of hydrogen-bond acceptors (Lipinski definition) is 5. The zero-order valence-electron chi connectivity index (χ0n) is 20.7. The van der Waals surface area contributed by atoms with E-state index in [4.69, 9.17) is 9.47 Å². The van der Waals surface area contributed by atoms with Gasteiger partial charge < -0.3 is 20.1 Å². The summed E-state index contributed by atoms with van der Waals surface area (Å²) in [6.45, 7) is 1.58. The number of aryl methyl sites for hydroxylation is 1. The number of allylic oxidation sites excluding steroid dienone is 1. The molecule has 0 aliphatic carbocycles. The fourth-order valence-electron chi connectivity index (χ4n) is 4.06. The Bertz CT molecular complexity index is 1260. The molecule has 3 aromatic carbocycles. The van der Waals surface area contributed by atoms with E-state index in [-0.39, 0.29) is 24.5 Å². The van der Waals surface area contributed by atoms with Crippen molar-refractivity contribution >= 4 is 17.6 Å². The molecule has 7 nitrogen and oxygen atoms in total. The van der Waals surface area contributed by atoms with Crippen LogP contribution in [0.25, 0.3) is 0 Å². The van der Waals surface area contributed by atoms with Crippen molar-refractivity contribution in [2.75, 3.05) is 6.79 Å². The van der Waals surface area contributed by atoms with Gasteiger partial charge in [-0.2, -0.15) is 0 Å². The molecule has 0 unspecified atom stereocenters. The third-order valence-corrected chi connectivity index (χ3v) is 6.02. The van der Waals surface area contributed by atoms with E-state index in [1.54, 1.807) is 24.3 Å². The van der Waals surface area contributed by atoms with Crippen LogP contribution in [0, 0.1) is 0 Å². The van der Waals surface area contributed by atoms with Gasteiger partial charge in [0.05, 0.1) is 0 Å². The van der Waals surface area contributed by atoms with Crippen molar-refractivity contribution in [3.63, 3.8) is 0 Å². The van der Waals surface area contributed by atoms with Crippen LogP contribution in [-0.2, 0) is 22.4 Å². The molecule has 1 aliphatic heterocycles. The molecule has 37 heavy (non-hydrogen) atoms. The van der Waals surface area contributed by atoms with Crippen molar-refractivity contribution in [3.8, 4) is 11.5 Å². The van der Waals surface area contributed by atoms with E-state index in [9.17, 15) is 14.4 Å². The molecule has 1 heterocycles. The normalized spacial score (nSPS) is 13.6. The number of nitrogens with one attached hydrogen (secondary N) is 2. The number of benzene rings is 3. The molecular weight excluding hydrogens is 468 g/mol. The lowest BCUT2D eigenvalue weighted by Crippen LogP contribution is -2.50. The van der Waals surface area contributed by atoms with Gasteiger partial charge in [-0.1, -0.05) is 66.7 Å². The van der Waals surface area contributed by atoms with E-state index in [0.717, 1.165) is 17.5 Å². The molecule has 1 aliphatic rings. The van der Waals surface area contributed by atoms with E-state index in [1.807, 2.05) is 60.7 Å². The van der Waals surface area contributed by atoms with Gasteiger partial charge in [0, 0.05) is 18.0 Å². The zero-order valence-corrected chi connectivity index (χ0v) is 20.7. The molecule has 0 fully saturated rings. The minimum absolute atomic E-state index is 0.101. The number of rotatable bonds is 11. The van der Waals surface area contributed by atoms with E-state index >= 15 is 0 Å². The molecule has 0 aromatic heterocycles. The Morgan fingerprint density at radius 1 is 0.865 bits per heavy atom. The largest absolute Gasteiger partial charge is 0.454 e. The van der Waals surface area contributed by atoms with Crippen molar-refractivity contribution in [3.05, 3.63) is 108 Å². The summed E-state index contributed by atoms with van der Waals surface area (Å²) in [7, 11) is 0. The molecular formula is C30H30N2O5. The smallest absolute Gasteiger partial charge is 0.252 e. The summed E-state index contributed by atoms with van der Waals surface area (Å²) in [4.78, 5) is 38.2. The fraction of sp³-hybridized carbons (Fsp3) is 0.233. The summed E-state index contributed by atoms with van der Waals surface area (Å²) in [5.74, 6) is 0.246. The van der Waals surface area contributed by atoms with Crippen LogP contribution in [-0.4, -0.2) is 36.5 Å². The molecule has 190 valence electrons. The Morgan fingerprint density at radius 3 is 2.24 bits per heavy atom. The molecule has 0 saturated heterocycles. The van der Waals surface area contributed by atoms with Gasteiger partial charge >= 0.3 is 0 Å². The van der Waals surface area contributed by atoms with Crippen molar-refractivity contribution in [2.24, 2.45) is 0 Å². The van der Waals surface area contributed by atoms with Gasteiger partial charge in [-0.3, -0.25) is 14.4 Å². The maximum Gasteiger partial charge on any atom is 0.252 e. The monoisotopic (exact) mass is 498 g/mol. The summed E-state index contributed by atoms with van der Waals surface area (Å²) < 4.78 is 10.7. The summed E-state index contributed by atoms with van der Waals surface area (Å²) in [6, 6.07) is 23.2. The number of hydrogen-bond donors (Lipinski definition) is 2. The van der Waals surface area contributed by atoms with Crippen LogP contribution in [0.3, 0.4) is 0 Å². The number of fused-ring (bicyclic) bond motifs is 1. The van der Waals surface area contributed by atoms with E-state index in [2.05, 4.69) is 10.6 Å². The topological polar surface area (TPSA) is 93.7 Å². The third kappa shape index (κ3) is 7.54. The molecule has 2 atom stereocenters. The molecule has 0 bridgehead atoms. The van der Waals surface area contributed by atoms with Crippen LogP contribution < -0.4 is 20.1 Å². The van der Waals surface area contributed by atoms with Crippen LogP contribution in [0.5, 0.6) is 11.5 Å². The minimum Gasteiger partial charge on any atom is -0.454 e. The third-order valence-electron chi connectivity index (χ3n) is 6.02. The van der Waals surface area contributed by atoms with Crippen LogP contribution in [0.2, 0.25) is 0 Å². The number of carbonyl (C=O) groups excluding carboxylic acids is 3. The van der Waals surface area contributed by atoms with Gasteiger partial charge in [-0.25, -0.2) is 0 Å². The first-order valence-corrected chi connectivity index (χ1v) is 12.3. The lowest BCUT2D eigenvalue weighted by Gasteiger charge is -2.22. The fourth-order valence-corrected chi connectivity index (χ4v) is 4.06. The number of carbonyl (C=O) groups is 3. The van der Waals surface area contributed by atoms with Crippen LogP contribution >= 0.6 is 0 Å². The second-order valence-electron chi connectivity index (χ2n) is 8.89. The molecule has 2 amide bonds. The molecule has 7 heteroatoms. The van der Waals surface area contributed by atoms with Crippen molar-refractivity contribution in [1.29, 1.82) is 0 Å². The van der Waals surface area contributed by atoms with Gasteiger partial charge in [-0.05, 0) is 55.2 Å². The van der Waals surface area contributed by atoms with Gasteiger partial charge in [0.1, 0.15) is 6.04 Å². The Balaban J connectivity index is 1.50. The summed E-state index contributed by atoms with van der Waals surface area (Å²) >= 11 is 0. The molecule has 3 aromatic rings. The van der Waals surface area contributed by atoms with Crippen molar-refractivity contribution < 1.29 is 23.9 Å². The summed E-state index contributed by atoms with van der Waals surface area (Å²) in [6.07, 6.45) is 4.81. The van der Waals surface area contributed by atoms with Gasteiger partial charge in [0.2, 0.25) is 12.7 Å². The molecule has 0 radical (unpaired) electrons. The minimum atomic E-state index is -0.828. The number of amides is 2. The van der Waals surface area contributed by atoms with E-state index in [1.165, 1.54) is 13.0 Å². The van der Waals surface area contributed by atoms with Crippen molar-refractivity contribution in [1.82, 2.24) is 10.6 Å². The van der Waals surface area contributed by atoms with E-state index in [0.29, 0.717) is 29.9 Å². The van der Waals surface area contributed by atoms with Crippen LogP contribution in [0.1, 0.15) is 34.8 Å². The quantitative estimate of drug-likeness (QED) is 0.390. The van der Waals surface area contributed by atoms with Gasteiger partial charge in [0.15, 0.2) is 17.3 Å². The SMILES string of the molecule is CC(=O)/C=C/[C@H](CCc1ccccc1)NC(=O)[C@H](Cc1ccccc1)NC(=O)c1ccc2c(c1)OCO2. The van der Waals surface area contributed by atoms with E-state index < -0.39 is 11.9 Å². The summed E-state index contributed by atoms with van der Waals surface area (Å²) in [5, 5.41) is 5.90. The zero-order chi connectivity index (χ0) is 26.0. The highest BCUT2D eigenvalue weighted by Crippen LogP contribution is 2.32. The Labute approximate surface area is 216 Å². The first-order chi connectivity index (χ1) is 18.0. The molecule has 4 rings (SSSR count). The van der Waals surface area contributed by atoms with Gasteiger partial charge in [-0.15, -0.1) is 0 Å². The molecule has 2 N–H and O–H groups in total. The lowest BCUT2D eigenvalue weighted by molar-refractivity contribution is -0.123. The van der Waals surface area contributed by atoms with Crippen molar-refractivity contribution in [2.45, 2.75) is 38.3 Å². The highest BCUT2D eigenvalue weighted by atomic mass is 16.7. The maximum atomic E-state index is 13.5. The Hall–Kier alpha value is -4.39. The molecule has 0 saturated carbocycles. The van der Waals surface area contributed by atoms with Gasteiger partial charge in [0.25, 0.3) is 5.91 Å². The lowest BCUT2D eigenvalue weighted by atomic mass is 10.0. The number of ketones is 1. The Kier molecular flexibility index (Phi) is 8.70. The second-order valence-corrected chi connectivity index (χ2v) is 8.89. The predicted octanol–water partition coefficient (Wildman–Crippen LogP) is 4.02. The first-order valence-electron chi connectivity index (χ1n) is 12.3. The first kappa shape index (κ1) is 25.7. The maximum absolute atomic E-state index is 13.5. The standard InChI is InChI=1S/C30H30N2O5/c1-21(33)12-15-25(16-13-22-8-4-2-5-9-22)31-30(35)26(18-23-10-6-3-7-11-23)32-29(34)24-14-17-27-28(19-24)37-20-36-27/h2-12,14-15,17,19,25-26H,13,16,18,20H2,1H3,(H,31,35)(H,32,34)/b15-12+/t25-,26+/m1/s1. The highest BCUT2D eigenvalue weighted by molar-refractivity contribution is 5.98. The average Bonchev–Trinajstić information content (AvgIpc) is 3.39. The molecule has 0 spiro atoms.